The third kappa shape index (κ3) is 5.03. The van der Waals surface area contributed by atoms with Gasteiger partial charge in [0.25, 0.3) is 11.5 Å². The Labute approximate surface area is 212 Å². The number of thiocarbonyl (C=S) groups is 1. The zero-order valence-electron chi connectivity index (χ0n) is 18.8. The maximum atomic E-state index is 13.4. The highest BCUT2D eigenvalue weighted by atomic mass is 32.2. The second kappa shape index (κ2) is 10.2. The SMILES string of the molecule is O=C1C(=Cc2c(NCc3ccccc3)nc3ccccn3c2=O)SC(=S)N1CCc1ccccc1. The molecular formula is C27H22N4O2S2. The summed E-state index contributed by atoms with van der Waals surface area (Å²) in [4.78, 5) is 33.3. The Kier molecular flexibility index (Phi) is 6.74. The van der Waals surface area contributed by atoms with Crippen molar-refractivity contribution in [3.63, 3.8) is 0 Å². The Morgan fingerprint density at radius 1 is 0.914 bits per heavy atom. The molecule has 0 unspecified atom stereocenters. The lowest BCUT2D eigenvalue weighted by atomic mass is 10.1. The highest BCUT2D eigenvalue weighted by Gasteiger charge is 2.32. The average molecular weight is 499 g/mol. The van der Waals surface area contributed by atoms with Crippen molar-refractivity contribution in [2.75, 3.05) is 11.9 Å². The maximum Gasteiger partial charge on any atom is 0.267 e. The predicted octanol–water partition coefficient (Wildman–Crippen LogP) is 4.75. The Hall–Kier alpha value is -3.75. The first kappa shape index (κ1) is 23.0. The predicted molar refractivity (Wildman–Crippen MR) is 145 cm³/mol. The molecular weight excluding hydrogens is 476 g/mol. The number of hydrogen-bond donors (Lipinski definition) is 1. The van der Waals surface area contributed by atoms with E-state index < -0.39 is 0 Å². The molecule has 35 heavy (non-hydrogen) atoms. The largest absolute Gasteiger partial charge is 0.365 e. The molecule has 2 aromatic carbocycles. The number of benzene rings is 2. The van der Waals surface area contributed by atoms with Crippen LogP contribution >= 0.6 is 24.0 Å². The summed E-state index contributed by atoms with van der Waals surface area (Å²) in [5.74, 6) is 0.238. The molecule has 0 radical (unpaired) electrons. The molecule has 5 rings (SSSR count). The number of carbonyl (C=O) groups excluding carboxylic acids is 1. The first-order chi connectivity index (χ1) is 17.1. The molecule has 1 fully saturated rings. The summed E-state index contributed by atoms with van der Waals surface area (Å²) in [5, 5.41) is 3.28. The summed E-state index contributed by atoms with van der Waals surface area (Å²) < 4.78 is 1.97. The van der Waals surface area contributed by atoms with Crippen LogP contribution in [0.1, 0.15) is 16.7 Å². The van der Waals surface area contributed by atoms with Gasteiger partial charge in [0.05, 0.1) is 10.5 Å². The Bertz CT molecular complexity index is 1480. The van der Waals surface area contributed by atoms with Crippen LogP contribution in [0.15, 0.2) is 94.8 Å². The Morgan fingerprint density at radius 2 is 1.60 bits per heavy atom. The van der Waals surface area contributed by atoms with Gasteiger partial charge in [-0.25, -0.2) is 4.98 Å². The summed E-state index contributed by atoms with van der Waals surface area (Å²) in [7, 11) is 0. The molecule has 1 N–H and O–H groups in total. The molecule has 2 aromatic heterocycles. The topological polar surface area (TPSA) is 66.7 Å². The van der Waals surface area contributed by atoms with E-state index in [1.165, 1.54) is 16.2 Å². The number of hydrogen-bond acceptors (Lipinski definition) is 6. The van der Waals surface area contributed by atoms with Crippen LogP contribution in [0.3, 0.4) is 0 Å². The fraction of sp³-hybridized carbons (Fsp3) is 0.111. The van der Waals surface area contributed by atoms with Crippen LogP contribution in [0.25, 0.3) is 11.7 Å². The number of anilines is 1. The van der Waals surface area contributed by atoms with Crippen molar-refractivity contribution in [2.45, 2.75) is 13.0 Å². The number of aromatic nitrogens is 2. The highest BCUT2D eigenvalue weighted by Crippen LogP contribution is 2.33. The Balaban J connectivity index is 1.46. The molecule has 8 heteroatoms. The van der Waals surface area contributed by atoms with E-state index in [0.29, 0.717) is 45.8 Å². The maximum absolute atomic E-state index is 13.4. The van der Waals surface area contributed by atoms with Crippen LogP contribution in [0.5, 0.6) is 0 Å². The lowest BCUT2D eigenvalue weighted by Gasteiger charge is -2.14. The van der Waals surface area contributed by atoms with E-state index in [1.807, 2.05) is 66.7 Å². The van der Waals surface area contributed by atoms with Crippen LogP contribution in [0.2, 0.25) is 0 Å². The third-order valence-corrected chi connectivity index (χ3v) is 7.07. The summed E-state index contributed by atoms with van der Waals surface area (Å²) in [6.07, 6.45) is 3.99. The second-order valence-electron chi connectivity index (χ2n) is 8.02. The molecule has 174 valence electrons. The minimum absolute atomic E-state index is 0.192. The lowest BCUT2D eigenvalue weighted by molar-refractivity contribution is -0.122. The van der Waals surface area contributed by atoms with Gasteiger partial charge in [0.1, 0.15) is 15.8 Å². The van der Waals surface area contributed by atoms with E-state index >= 15 is 0 Å². The van der Waals surface area contributed by atoms with Gasteiger partial charge in [0.2, 0.25) is 0 Å². The van der Waals surface area contributed by atoms with Crippen molar-refractivity contribution in [1.82, 2.24) is 14.3 Å². The molecule has 6 nitrogen and oxygen atoms in total. The zero-order valence-corrected chi connectivity index (χ0v) is 20.4. The van der Waals surface area contributed by atoms with Crippen LogP contribution in [-0.2, 0) is 17.8 Å². The van der Waals surface area contributed by atoms with Crippen LogP contribution in [0, 0.1) is 0 Å². The summed E-state index contributed by atoms with van der Waals surface area (Å²) in [6, 6.07) is 25.2. The van der Waals surface area contributed by atoms with E-state index in [9.17, 15) is 9.59 Å². The van der Waals surface area contributed by atoms with Gasteiger partial charge in [-0.2, -0.15) is 0 Å². The molecule has 0 saturated carbocycles. The fourth-order valence-electron chi connectivity index (χ4n) is 3.86. The number of carbonyl (C=O) groups is 1. The van der Waals surface area contributed by atoms with Gasteiger partial charge in [-0.3, -0.25) is 18.9 Å². The van der Waals surface area contributed by atoms with Crippen molar-refractivity contribution in [3.05, 3.63) is 117 Å². The number of pyridine rings is 1. The molecule has 1 amide bonds. The monoisotopic (exact) mass is 498 g/mol. The second-order valence-corrected chi connectivity index (χ2v) is 9.69. The quantitative estimate of drug-likeness (QED) is 0.293. The molecule has 1 aliphatic rings. The molecule has 0 aliphatic carbocycles. The molecule has 3 heterocycles. The van der Waals surface area contributed by atoms with Gasteiger partial charge < -0.3 is 5.32 Å². The van der Waals surface area contributed by atoms with E-state index in [-0.39, 0.29) is 11.5 Å². The van der Waals surface area contributed by atoms with Crippen molar-refractivity contribution in [1.29, 1.82) is 0 Å². The summed E-state index contributed by atoms with van der Waals surface area (Å²) >= 11 is 6.71. The first-order valence-corrected chi connectivity index (χ1v) is 12.4. The number of amides is 1. The zero-order chi connectivity index (χ0) is 24.2. The van der Waals surface area contributed by atoms with Crippen molar-refractivity contribution in [2.24, 2.45) is 0 Å². The number of nitrogens with zero attached hydrogens (tertiary/aromatic N) is 3. The van der Waals surface area contributed by atoms with Crippen molar-refractivity contribution < 1.29 is 4.79 Å². The number of nitrogens with one attached hydrogen (secondary N) is 1. The molecule has 0 bridgehead atoms. The van der Waals surface area contributed by atoms with Gasteiger partial charge >= 0.3 is 0 Å². The molecule has 0 spiro atoms. The van der Waals surface area contributed by atoms with E-state index in [2.05, 4.69) is 10.3 Å². The third-order valence-electron chi connectivity index (χ3n) is 5.69. The molecule has 0 atom stereocenters. The van der Waals surface area contributed by atoms with Gasteiger partial charge in [-0.1, -0.05) is 90.7 Å². The number of fused-ring (bicyclic) bond motifs is 1. The number of rotatable bonds is 7. The molecule has 1 aliphatic heterocycles. The smallest absolute Gasteiger partial charge is 0.267 e. The average Bonchev–Trinajstić information content (AvgIpc) is 3.16. The number of thioether (sulfide) groups is 1. The van der Waals surface area contributed by atoms with Gasteiger partial charge in [0.15, 0.2) is 0 Å². The van der Waals surface area contributed by atoms with Gasteiger partial charge in [-0.15, -0.1) is 0 Å². The summed E-state index contributed by atoms with van der Waals surface area (Å²) in [6.45, 7) is 0.981. The van der Waals surface area contributed by atoms with E-state index in [0.717, 1.165) is 11.1 Å². The minimum Gasteiger partial charge on any atom is -0.365 e. The van der Waals surface area contributed by atoms with E-state index in [1.54, 1.807) is 29.3 Å². The minimum atomic E-state index is -0.249. The van der Waals surface area contributed by atoms with Crippen LogP contribution in [-0.4, -0.2) is 31.1 Å². The van der Waals surface area contributed by atoms with Crippen molar-refractivity contribution in [3.8, 4) is 0 Å². The first-order valence-electron chi connectivity index (χ1n) is 11.2. The lowest BCUT2D eigenvalue weighted by Crippen LogP contribution is -2.30. The normalized spacial score (nSPS) is 14.7. The summed E-state index contributed by atoms with van der Waals surface area (Å²) in [5.41, 5.74) is 2.80. The molecule has 1 saturated heterocycles. The van der Waals surface area contributed by atoms with Crippen molar-refractivity contribution >= 4 is 51.7 Å². The van der Waals surface area contributed by atoms with E-state index in [4.69, 9.17) is 12.2 Å². The fourth-order valence-corrected chi connectivity index (χ4v) is 5.15. The molecule has 4 aromatic rings. The van der Waals surface area contributed by atoms with Crippen LogP contribution in [0.4, 0.5) is 5.82 Å². The van der Waals surface area contributed by atoms with Crippen LogP contribution < -0.4 is 10.9 Å². The Morgan fingerprint density at radius 3 is 2.34 bits per heavy atom. The standard InChI is InChI=1S/C27H22N4O2S2/c32-25-21(17-22-26(33)31(27(34)35-22)16-14-19-9-3-1-4-10-19)24(28-18-20-11-5-2-6-12-20)29-23-13-7-8-15-30(23)25/h1-13,15,17,28H,14,16,18H2. The van der Waals surface area contributed by atoms with Gasteiger partial charge in [-0.05, 0) is 35.8 Å². The highest BCUT2D eigenvalue weighted by molar-refractivity contribution is 8.26. The van der Waals surface area contributed by atoms with Gasteiger partial charge in [0, 0.05) is 19.3 Å².